The molecular formula is C23H17Cl2N3O3. The number of carbonyl (C=O) groups is 2. The zero-order valence-corrected chi connectivity index (χ0v) is 17.7. The van der Waals surface area contributed by atoms with E-state index in [1.807, 2.05) is 42.5 Å². The monoisotopic (exact) mass is 453 g/mol. The Hall–Kier alpha value is -3.35. The average molecular weight is 454 g/mol. The maximum atomic E-state index is 12.8. The number of hydrogen-bond donors (Lipinski definition) is 2. The molecule has 31 heavy (non-hydrogen) atoms. The Kier molecular flexibility index (Phi) is 6.21. The first-order chi connectivity index (χ1) is 15.0. The smallest absolute Gasteiger partial charge is 0.413 e. The van der Waals surface area contributed by atoms with E-state index in [1.165, 1.54) is 0 Å². The van der Waals surface area contributed by atoms with Gasteiger partial charge in [0.25, 0.3) is 5.91 Å². The van der Waals surface area contributed by atoms with Crippen LogP contribution in [0.15, 0.2) is 77.8 Å². The van der Waals surface area contributed by atoms with Crippen molar-refractivity contribution in [2.45, 2.75) is 12.6 Å². The predicted octanol–water partition coefficient (Wildman–Crippen LogP) is 5.36. The fourth-order valence-corrected chi connectivity index (χ4v) is 3.61. The van der Waals surface area contributed by atoms with Gasteiger partial charge in [-0.2, -0.15) is 0 Å². The lowest BCUT2D eigenvalue weighted by molar-refractivity contribution is -0.110. The lowest BCUT2D eigenvalue weighted by atomic mass is 9.98. The molecule has 1 aliphatic heterocycles. The van der Waals surface area contributed by atoms with Gasteiger partial charge in [-0.15, -0.1) is 0 Å². The topological polar surface area (TPSA) is 79.8 Å². The predicted molar refractivity (Wildman–Crippen MR) is 121 cm³/mol. The summed E-state index contributed by atoms with van der Waals surface area (Å²) in [5, 5.41) is 6.16. The Morgan fingerprint density at radius 3 is 2.52 bits per heavy atom. The average Bonchev–Trinajstić information content (AvgIpc) is 2.90. The first-order valence-electron chi connectivity index (χ1n) is 9.42. The van der Waals surface area contributed by atoms with Gasteiger partial charge in [0.15, 0.2) is 5.84 Å². The number of fused-ring (bicyclic) bond motifs is 1. The number of amides is 2. The fourth-order valence-electron chi connectivity index (χ4n) is 3.19. The molecule has 6 nitrogen and oxygen atoms in total. The van der Waals surface area contributed by atoms with Crippen molar-refractivity contribution in [1.29, 1.82) is 0 Å². The highest BCUT2D eigenvalue weighted by Gasteiger charge is 2.28. The van der Waals surface area contributed by atoms with E-state index in [1.54, 1.807) is 30.3 Å². The number of nitrogens with zero attached hydrogens (tertiary/aromatic N) is 1. The van der Waals surface area contributed by atoms with Crippen molar-refractivity contribution in [3.63, 3.8) is 0 Å². The summed E-state index contributed by atoms with van der Waals surface area (Å²) in [6.45, 7) is 0.0609. The SMILES string of the molecule is O=C(NC1=NC(c2ccccc2Cl)c2cc(Cl)ccc2NC1=O)OCc1ccccc1. The minimum absolute atomic E-state index is 0.0609. The van der Waals surface area contributed by atoms with Crippen LogP contribution >= 0.6 is 23.2 Å². The van der Waals surface area contributed by atoms with Gasteiger partial charge in [-0.3, -0.25) is 15.1 Å². The van der Waals surface area contributed by atoms with Crippen LogP contribution in [0.3, 0.4) is 0 Å². The number of alkyl carbamates (subject to hydrolysis) is 1. The molecule has 0 fully saturated rings. The minimum Gasteiger partial charge on any atom is -0.444 e. The lowest BCUT2D eigenvalue weighted by Crippen LogP contribution is -2.39. The minimum atomic E-state index is -0.792. The van der Waals surface area contributed by atoms with Crippen molar-refractivity contribution in [2.24, 2.45) is 4.99 Å². The molecule has 1 aliphatic rings. The van der Waals surface area contributed by atoms with Gasteiger partial charge in [-0.1, -0.05) is 71.7 Å². The number of aliphatic imine (C=N–C) groups is 1. The maximum Gasteiger partial charge on any atom is 0.413 e. The van der Waals surface area contributed by atoms with E-state index in [0.717, 1.165) is 5.56 Å². The molecule has 0 aromatic heterocycles. The number of nitrogens with one attached hydrogen (secondary N) is 2. The van der Waals surface area contributed by atoms with Crippen molar-refractivity contribution in [3.05, 3.63) is 99.5 Å². The molecule has 0 bridgehead atoms. The largest absolute Gasteiger partial charge is 0.444 e. The Bertz CT molecular complexity index is 1170. The van der Waals surface area contributed by atoms with Crippen LogP contribution in [-0.2, 0) is 16.1 Å². The van der Waals surface area contributed by atoms with Crippen molar-refractivity contribution in [2.75, 3.05) is 5.32 Å². The Morgan fingerprint density at radius 2 is 1.74 bits per heavy atom. The number of hydrogen-bond acceptors (Lipinski definition) is 4. The Labute approximate surface area is 188 Å². The van der Waals surface area contributed by atoms with Gasteiger partial charge in [-0.25, -0.2) is 4.79 Å². The highest BCUT2D eigenvalue weighted by Crippen LogP contribution is 2.38. The van der Waals surface area contributed by atoms with Crippen molar-refractivity contribution < 1.29 is 14.3 Å². The number of halogens is 2. The molecule has 3 aromatic rings. The second-order valence-electron chi connectivity index (χ2n) is 6.77. The summed E-state index contributed by atoms with van der Waals surface area (Å²) >= 11 is 12.6. The van der Waals surface area contributed by atoms with Gasteiger partial charge in [0, 0.05) is 21.3 Å². The number of ether oxygens (including phenoxy) is 1. The van der Waals surface area contributed by atoms with Crippen molar-refractivity contribution >= 4 is 46.7 Å². The quantitative estimate of drug-likeness (QED) is 0.559. The third-order valence-corrected chi connectivity index (χ3v) is 5.24. The summed E-state index contributed by atoms with van der Waals surface area (Å²) < 4.78 is 5.22. The molecule has 1 atom stereocenters. The summed E-state index contributed by atoms with van der Waals surface area (Å²) in [6.07, 6.45) is -0.792. The van der Waals surface area contributed by atoms with E-state index in [0.29, 0.717) is 26.9 Å². The van der Waals surface area contributed by atoms with Crippen molar-refractivity contribution in [3.8, 4) is 0 Å². The molecule has 2 amide bonds. The highest BCUT2D eigenvalue weighted by molar-refractivity contribution is 6.44. The second-order valence-corrected chi connectivity index (χ2v) is 7.62. The molecule has 1 unspecified atom stereocenters. The summed E-state index contributed by atoms with van der Waals surface area (Å²) in [5.74, 6) is -0.759. The van der Waals surface area contributed by atoms with Crippen LogP contribution in [0.1, 0.15) is 22.7 Å². The molecular weight excluding hydrogens is 437 g/mol. The Balaban J connectivity index is 1.64. The molecule has 0 aliphatic carbocycles. The second kappa shape index (κ2) is 9.20. The Morgan fingerprint density at radius 1 is 1.00 bits per heavy atom. The van der Waals surface area contributed by atoms with E-state index in [-0.39, 0.29) is 12.4 Å². The molecule has 0 radical (unpaired) electrons. The van der Waals surface area contributed by atoms with E-state index in [2.05, 4.69) is 15.6 Å². The van der Waals surface area contributed by atoms with Crippen LogP contribution in [0.25, 0.3) is 0 Å². The number of carbonyl (C=O) groups excluding carboxylic acids is 2. The van der Waals surface area contributed by atoms with E-state index < -0.39 is 18.0 Å². The molecule has 8 heteroatoms. The number of amidine groups is 1. The van der Waals surface area contributed by atoms with Crippen LogP contribution in [0, 0.1) is 0 Å². The van der Waals surface area contributed by atoms with E-state index in [4.69, 9.17) is 27.9 Å². The number of rotatable bonds is 3. The molecule has 2 N–H and O–H groups in total. The molecule has 3 aromatic carbocycles. The zero-order chi connectivity index (χ0) is 21.8. The summed E-state index contributed by atoms with van der Waals surface area (Å²) in [6, 6.07) is 20.8. The molecule has 0 spiro atoms. The third kappa shape index (κ3) is 4.87. The van der Waals surface area contributed by atoms with Gasteiger partial charge in [0.05, 0.1) is 0 Å². The van der Waals surface area contributed by atoms with Gasteiger partial charge in [-0.05, 0) is 35.4 Å². The maximum absolute atomic E-state index is 12.8. The highest BCUT2D eigenvalue weighted by atomic mass is 35.5. The number of benzene rings is 3. The van der Waals surface area contributed by atoms with Crippen LogP contribution in [-0.4, -0.2) is 17.8 Å². The normalized spacial score (nSPS) is 15.2. The van der Waals surface area contributed by atoms with Gasteiger partial charge >= 0.3 is 6.09 Å². The summed E-state index contributed by atoms with van der Waals surface area (Å²) in [7, 11) is 0. The molecule has 1 heterocycles. The first kappa shape index (κ1) is 20.9. The fraction of sp³-hybridized carbons (Fsp3) is 0.0870. The third-order valence-electron chi connectivity index (χ3n) is 4.66. The van der Waals surface area contributed by atoms with E-state index >= 15 is 0 Å². The zero-order valence-electron chi connectivity index (χ0n) is 16.1. The van der Waals surface area contributed by atoms with Gasteiger partial charge < -0.3 is 10.1 Å². The van der Waals surface area contributed by atoms with Crippen molar-refractivity contribution in [1.82, 2.24) is 5.32 Å². The molecule has 4 rings (SSSR count). The van der Waals surface area contributed by atoms with Crippen LogP contribution in [0.5, 0.6) is 0 Å². The summed E-state index contributed by atoms with van der Waals surface area (Å²) in [4.78, 5) is 29.6. The van der Waals surface area contributed by atoms with Gasteiger partial charge in [0.2, 0.25) is 0 Å². The molecule has 0 saturated carbocycles. The lowest BCUT2D eigenvalue weighted by Gasteiger charge is -2.16. The van der Waals surface area contributed by atoms with Crippen LogP contribution in [0.2, 0.25) is 10.0 Å². The van der Waals surface area contributed by atoms with E-state index in [9.17, 15) is 9.59 Å². The van der Waals surface area contributed by atoms with Crippen LogP contribution in [0.4, 0.5) is 10.5 Å². The molecule has 156 valence electrons. The number of anilines is 1. The van der Waals surface area contributed by atoms with Crippen LogP contribution < -0.4 is 10.6 Å². The first-order valence-corrected chi connectivity index (χ1v) is 10.2. The van der Waals surface area contributed by atoms with Gasteiger partial charge in [0.1, 0.15) is 12.6 Å². The standard InChI is InChI=1S/C23H17Cl2N3O3/c24-15-10-11-19-17(12-15)20(16-8-4-5-9-18(16)25)27-21(22(29)26-19)28-23(30)31-13-14-6-2-1-3-7-14/h1-12,20H,13H2,(H,26,29)(H,27,28,30). The summed E-state index contributed by atoms with van der Waals surface area (Å²) in [5.41, 5.74) is 2.67. The molecule has 0 saturated heterocycles.